The summed E-state index contributed by atoms with van der Waals surface area (Å²) >= 11 is 0. The van der Waals surface area contributed by atoms with Crippen molar-refractivity contribution in [3.05, 3.63) is 53.1 Å². The smallest absolute Gasteiger partial charge is 0.418 e. The van der Waals surface area contributed by atoms with Gasteiger partial charge in [0.05, 0.1) is 17.2 Å². The molecule has 1 atom stereocenters. The molecule has 0 saturated carbocycles. The zero-order chi connectivity index (χ0) is 19.2. The van der Waals surface area contributed by atoms with Gasteiger partial charge in [-0.3, -0.25) is 9.78 Å². The van der Waals surface area contributed by atoms with Gasteiger partial charge in [-0.25, -0.2) is 4.98 Å². The number of aromatic nitrogens is 3. The minimum atomic E-state index is -4.57. The van der Waals surface area contributed by atoms with E-state index in [-0.39, 0.29) is 16.9 Å². The van der Waals surface area contributed by atoms with Gasteiger partial charge < -0.3 is 9.51 Å². The fourth-order valence-corrected chi connectivity index (χ4v) is 2.83. The Hall–Kier alpha value is -2.90. The van der Waals surface area contributed by atoms with Crippen molar-refractivity contribution in [3.8, 4) is 11.3 Å². The molecule has 0 spiro atoms. The van der Waals surface area contributed by atoms with E-state index in [1.54, 1.807) is 13.8 Å². The number of rotatable bonds is 3. The first-order valence-electron chi connectivity index (χ1n) is 7.86. The number of aliphatic carboxylic acids is 1. The maximum atomic E-state index is 13.5. The lowest BCUT2D eigenvalue weighted by atomic mass is 10.0. The number of nitrogens with zero attached hydrogens (tertiary/aromatic N) is 3. The van der Waals surface area contributed by atoms with Crippen LogP contribution in [0.1, 0.15) is 35.4 Å². The first kappa shape index (κ1) is 17.9. The summed E-state index contributed by atoms with van der Waals surface area (Å²) in [5.41, 5.74) is 0.725. The third-order valence-corrected chi connectivity index (χ3v) is 4.42. The average molecular weight is 363 g/mol. The summed E-state index contributed by atoms with van der Waals surface area (Å²) < 4.78 is 42.1. The number of fused-ring (bicyclic) bond motifs is 1. The topological polar surface area (TPSA) is 67.5 Å². The Bertz CT molecular complexity index is 1010. The number of halogens is 3. The van der Waals surface area contributed by atoms with Gasteiger partial charge in [-0.05, 0) is 44.5 Å². The molecule has 1 unspecified atom stereocenters. The van der Waals surface area contributed by atoms with Crippen LogP contribution in [0.4, 0.5) is 13.2 Å². The van der Waals surface area contributed by atoms with Crippen molar-refractivity contribution in [1.29, 1.82) is 0 Å². The SMILES string of the molecule is Cc1cc(C(F)(F)F)c(-c2ccc(C(C)C(=O)O)n3ccnc23)nc1C. The Morgan fingerprint density at radius 1 is 1.27 bits per heavy atom. The second kappa shape index (κ2) is 6.12. The van der Waals surface area contributed by atoms with E-state index in [0.717, 1.165) is 6.07 Å². The third-order valence-electron chi connectivity index (χ3n) is 4.42. The highest BCUT2D eigenvalue weighted by atomic mass is 19.4. The highest BCUT2D eigenvalue weighted by Crippen LogP contribution is 2.38. The number of carbonyl (C=O) groups is 1. The van der Waals surface area contributed by atoms with E-state index >= 15 is 0 Å². The molecule has 26 heavy (non-hydrogen) atoms. The normalized spacial score (nSPS) is 13.2. The largest absolute Gasteiger partial charge is 0.481 e. The van der Waals surface area contributed by atoms with Crippen molar-refractivity contribution in [2.75, 3.05) is 0 Å². The van der Waals surface area contributed by atoms with E-state index in [4.69, 9.17) is 0 Å². The zero-order valence-electron chi connectivity index (χ0n) is 14.3. The standard InChI is InChI=1S/C18H16F3N3O2/c1-9-8-13(18(19,20)21)15(23-11(9)3)12-4-5-14(10(2)17(25)26)24-7-6-22-16(12)24/h4-8,10H,1-3H3,(H,25,26). The van der Waals surface area contributed by atoms with E-state index in [1.807, 2.05) is 0 Å². The molecule has 0 aliphatic heterocycles. The van der Waals surface area contributed by atoms with Crippen LogP contribution in [0.3, 0.4) is 0 Å². The predicted molar refractivity (Wildman–Crippen MR) is 88.9 cm³/mol. The summed E-state index contributed by atoms with van der Waals surface area (Å²) in [6, 6.07) is 4.02. The van der Waals surface area contributed by atoms with Crippen LogP contribution in [0.15, 0.2) is 30.6 Å². The van der Waals surface area contributed by atoms with Crippen molar-refractivity contribution >= 4 is 11.6 Å². The molecular formula is C18H16F3N3O2. The van der Waals surface area contributed by atoms with Gasteiger partial charge in [0.2, 0.25) is 0 Å². The maximum absolute atomic E-state index is 13.5. The molecule has 3 aromatic heterocycles. The number of hydrogen-bond donors (Lipinski definition) is 1. The number of pyridine rings is 2. The lowest BCUT2D eigenvalue weighted by Gasteiger charge is -2.17. The molecule has 0 saturated heterocycles. The van der Waals surface area contributed by atoms with Crippen LogP contribution in [-0.4, -0.2) is 25.4 Å². The molecule has 0 fully saturated rings. The summed E-state index contributed by atoms with van der Waals surface area (Å²) in [4.78, 5) is 19.6. The van der Waals surface area contributed by atoms with Gasteiger partial charge in [0.25, 0.3) is 0 Å². The summed E-state index contributed by atoms with van der Waals surface area (Å²) in [5.74, 6) is -1.87. The van der Waals surface area contributed by atoms with Gasteiger partial charge in [-0.2, -0.15) is 13.2 Å². The van der Waals surface area contributed by atoms with E-state index in [9.17, 15) is 23.1 Å². The van der Waals surface area contributed by atoms with Gasteiger partial charge >= 0.3 is 12.1 Å². The molecule has 0 aliphatic rings. The molecule has 136 valence electrons. The number of imidazole rings is 1. The van der Waals surface area contributed by atoms with Crippen molar-refractivity contribution in [2.45, 2.75) is 32.9 Å². The number of aryl methyl sites for hydroxylation is 2. The monoisotopic (exact) mass is 363 g/mol. The molecule has 0 aliphatic carbocycles. The van der Waals surface area contributed by atoms with Crippen LogP contribution in [0.2, 0.25) is 0 Å². The van der Waals surface area contributed by atoms with Gasteiger partial charge in [0.15, 0.2) is 0 Å². The summed E-state index contributed by atoms with van der Waals surface area (Å²) in [6.45, 7) is 4.72. The minimum Gasteiger partial charge on any atom is -0.481 e. The third kappa shape index (κ3) is 2.91. The fourth-order valence-electron chi connectivity index (χ4n) is 2.83. The van der Waals surface area contributed by atoms with E-state index in [1.165, 1.54) is 35.9 Å². The average Bonchev–Trinajstić information content (AvgIpc) is 3.04. The predicted octanol–water partition coefficient (Wildman–Crippen LogP) is 4.22. The van der Waals surface area contributed by atoms with Crippen LogP contribution in [0, 0.1) is 13.8 Å². The minimum absolute atomic E-state index is 0.201. The van der Waals surface area contributed by atoms with Gasteiger partial charge in [0.1, 0.15) is 5.65 Å². The van der Waals surface area contributed by atoms with Crippen molar-refractivity contribution in [2.24, 2.45) is 0 Å². The maximum Gasteiger partial charge on any atom is 0.418 e. The Morgan fingerprint density at radius 3 is 2.58 bits per heavy atom. The molecule has 0 bridgehead atoms. The summed E-state index contributed by atoms with van der Waals surface area (Å²) in [6.07, 6.45) is -1.62. The highest BCUT2D eigenvalue weighted by Gasteiger charge is 2.36. The zero-order valence-corrected chi connectivity index (χ0v) is 14.3. The lowest BCUT2D eigenvalue weighted by Crippen LogP contribution is -2.13. The molecule has 0 aromatic carbocycles. The first-order valence-corrected chi connectivity index (χ1v) is 7.86. The van der Waals surface area contributed by atoms with Crippen LogP contribution in [0.25, 0.3) is 16.9 Å². The molecule has 0 amide bonds. The Balaban J connectivity index is 2.32. The van der Waals surface area contributed by atoms with Crippen molar-refractivity contribution in [3.63, 3.8) is 0 Å². The van der Waals surface area contributed by atoms with Crippen LogP contribution in [0.5, 0.6) is 0 Å². The van der Waals surface area contributed by atoms with Gasteiger partial charge in [0, 0.05) is 29.3 Å². The molecule has 3 aromatic rings. The lowest BCUT2D eigenvalue weighted by molar-refractivity contribution is -0.138. The quantitative estimate of drug-likeness (QED) is 0.757. The van der Waals surface area contributed by atoms with E-state index in [2.05, 4.69) is 9.97 Å². The number of alkyl halides is 3. The summed E-state index contributed by atoms with van der Waals surface area (Å²) in [5, 5.41) is 9.24. The van der Waals surface area contributed by atoms with Gasteiger partial charge in [-0.1, -0.05) is 0 Å². The first-order chi connectivity index (χ1) is 12.1. The molecule has 0 radical (unpaired) electrons. The molecule has 5 nitrogen and oxygen atoms in total. The second-order valence-corrected chi connectivity index (χ2v) is 6.14. The second-order valence-electron chi connectivity index (χ2n) is 6.14. The number of carboxylic acid groups (broad SMARTS) is 1. The molecule has 1 N–H and O–H groups in total. The summed E-state index contributed by atoms with van der Waals surface area (Å²) in [7, 11) is 0. The Labute approximate surface area is 147 Å². The van der Waals surface area contributed by atoms with Crippen molar-refractivity contribution in [1.82, 2.24) is 14.4 Å². The number of hydrogen-bond acceptors (Lipinski definition) is 3. The Kier molecular flexibility index (Phi) is 4.21. The van der Waals surface area contributed by atoms with Crippen molar-refractivity contribution < 1.29 is 23.1 Å². The van der Waals surface area contributed by atoms with Crippen LogP contribution < -0.4 is 0 Å². The molecule has 8 heteroatoms. The van der Waals surface area contributed by atoms with E-state index < -0.39 is 23.6 Å². The molecular weight excluding hydrogens is 347 g/mol. The van der Waals surface area contributed by atoms with Crippen LogP contribution >= 0.6 is 0 Å². The van der Waals surface area contributed by atoms with E-state index in [0.29, 0.717) is 17.0 Å². The highest BCUT2D eigenvalue weighted by molar-refractivity contribution is 5.80. The number of carboxylic acids is 1. The van der Waals surface area contributed by atoms with Crippen LogP contribution in [-0.2, 0) is 11.0 Å². The fraction of sp³-hybridized carbons (Fsp3) is 0.278. The van der Waals surface area contributed by atoms with Gasteiger partial charge in [-0.15, -0.1) is 0 Å². The molecule has 3 heterocycles. The Morgan fingerprint density at radius 2 is 1.96 bits per heavy atom. The molecule has 3 rings (SSSR count).